The first-order chi connectivity index (χ1) is 8.58. The Morgan fingerprint density at radius 1 is 1.33 bits per heavy atom. The molecule has 2 nitrogen and oxygen atoms in total. The van der Waals surface area contributed by atoms with Crippen LogP contribution in [-0.4, -0.2) is 11.8 Å². The summed E-state index contributed by atoms with van der Waals surface area (Å²) < 4.78 is 13.2. The van der Waals surface area contributed by atoms with E-state index in [9.17, 15) is 9.18 Å². The van der Waals surface area contributed by atoms with E-state index in [1.54, 1.807) is 19.1 Å². The van der Waals surface area contributed by atoms with E-state index >= 15 is 0 Å². The minimum absolute atomic E-state index is 0.00149. The van der Waals surface area contributed by atoms with Crippen LogP contribution in [-0.2, 0) is 0 Å². The second-order valence-corrected chi connectivity index (χ2v) is 5.76. The van der Waals surface area contributed by atoms with E-state index in [0.29, 0.717) is 23.0 Å². The molecule has 3 heteroatoms. The third kappa shape index (κ3) is 1.69. The van der Waals surface area contributed by atoms with Crippen molar-refractivity contribution in [1.29, 1.82) is 0 Å². The average molecular weight is 247 g/mol. The van der Waals surface area contributed by atoms with Gasteiger partial charge in [-0.2, -0.15) is 0 Å². The molecule has 2 fully saturated rings. The van der Waals surface area contributed by atoms with Crippen molar-refractivity contribution in [1.82, 2.24) is 0 Å². The molecule has 0 aliphatic heterocycles. The fraction of sp³-hybridized carbons (Fsp3) is 0.533. The summed E-state index contributed by atoms with van der Waals surface area (Å²) in [5.41, 5.74) is 7.31. The molecule has 1 aromatic carbocycles. The zero-order valence-electron chi connectivity index (χ0n) is 10.5. The predicted octanol–water partition coefficient (Wildman–Crippen LogP) is 2.69. The molecule has 1 aromatic rings. The van der Waals surface area contributed by atoms with Gasteiger partial charge < -0.3 is 5.73 Å². The van der Waals surface area contributed by atoms with Crippen molar-refractivity contribution in [2.24, 2.45) is 23.5 Å². The summed E-state index contributed by atoms with van der Waals surface area (Å²) in [6.45, 7) is 1.69. The van der Waals surface area contributed by atoms with Gasteiger partial charge in [0.15, 0.2) is 5.78 Å². The van der Waals surface area contributed by atoms with Gasteiger partial charge in [-0.3, -0.25) is 4.79 Å². The van der Waals surface area contributed by atoms with Crippen LogP contribution < -0.4 is 5.73 Å². The number of aryl methyl sites for hydroxylation is 1. The summed E-state index contributed by atoms with van der Waals surface area (Å²) in [4.78, 5) is 12.5. The summed E-state index contributed by atoms with van der Waals surface area (Å²) >= 11 is 0. The number of hydrogen-bond donors (Lipinski definition) is 1. The van der Waals surface area contributed by atoms with Crippen LogP contribution in [0.1, 0.15) is 35.2 Å². The molecule has 3 rings (SSSR count). The lowest BCUT2D eigenvalue weighted by atomic mass is 9.80. The van der Waals surface area contributed by atoms with E-state index in [-0.39, 0.29) is 23.6 Å². The highest BCUT2D eigenvalue weighted by molar-refractivity contribution is 5.99. The summed E-state index contributed by atoms with van der Waals surface area (Å²) in [5.74, 6) is 0.767. The van der Waals surface area contributed by atoms with Gasteiger partial charge in [-0.25, -0.2) is 4.39 Å². The summed E-state index contributed by atoms with van der Waals surface area (Å²) in [7, 11) is 0. The smallest absolute Gasteiger partial charge is 0.167 e. The molecule has 2 N–H and O–H groups in total. The third-order valence-corrected chi connectivity index (χ3v) is 4.73. The van der Waals surface area contributed by atoms with E-state index in [1.165, 1.54) is 6.07 Å². The second kappa shape index (κ2) is 4.16. The maximum atomic E-state index is 13.2. The molecule has 2 aliphatic carbocycles. The number of fused-ring (bicyclic) bond motifs is 2. The van der Waals surface area contributed by atoms with Crippen molar-refractivity contribution in [3.63, 3.8) is 0 Å². The molecule has 96 valence electrons. The van der Waals surface area contributed by atoms with Gasteiger partial charge in [-0.05, 0) is 61.8 Å². The molecule has 2 saturated carbocycles. The number of benzene rings is 1. The van der Waals surface area contributed by atoms with Crippen molar-refractivity contribution in [3.8, 4) is 0 Å². The number of Topliss-reactive ketones (excluding diaryl/α,β-unsaturated/α-hetero) is 1. The van der Waals surface area contributed by atoms with Crippen LogP contribution in [0, 0.1) is 30.5 Å². The van der Waals surface area contributed by atoms with Gasteiger partial charge >= 0.3 is 0 Å². The van der Waals surface area contributed by atoms with Crippen molar-refractivity contribution >= 4 is 5.78 Å². The Morgan fingerprint density at radius 3 is 2.67 bits per heavy atom. The number of halogens is 1. The number of carbonyl (C=O) groups is 1. The molecule has 2 bridgehead atoms. The Bertz CT molecular complexity index is 497. The molecule has 4 atom stereocenters. The van der Waals surface area contributed by atoms with Crippen LogP contribution in [0.15, 0.2) is 18.2 Å². The first-order valence-corrected chi connectivity index (χ1v) is 6.64. The van der Waals surface area contributed by atoms with Gasteiger partial charge in [-0.1, -0.05) is 0 Å². The average Bonchev–Trinajstić information content (AvgIpc) is 2.92. The van der Waals surface area contributed by atoms with E-state index in [2.05, 4.69) is 0 Å². The van der Waals surface area contributed by atoms with Crippen LogP contribution in [0.5, 0.6) is 0 Å². The molecule has 0 saturated heterocycles. The Kier molecular flexibility index (Phi) is 2.74. The standard InChI is InChI=1S/C15H18FNO/c1-8-6-11(4-5-12(8)16)15(18)13-9-2-3-10(7-9)14(13)17/h4-6,9-10,13-14H,2-3,7,17H2,1H3. The molecule has 0 spiro atoms. The predicted molar refractivity (Wildman–Crippen MR) is 67.8 cm³/mol. The first kappa shape index (κ1) is 11.8. The van der Waals surface area contributed by atoms with Gasteiger partial charge in [0.2, 0.25) is 0 Å². The van der Waals surface area contributed by atoms with Gasteiger partial charge in [-0.15, -0.1) is 0 Å². The van der Waals surface area contributed by atoms with Crippen molar-refractivity contribution in [3.05, 3.63) is 35.1 Å². The molecule has 4 unspecified atom stereocenters. The van der Waals surface area contributed by atoms with Gasteiger partial charge in [0.05, 0.1) is 0 Å². The minimum Gasteiger partial charge on any atom is -0.327 e. The molecule has 0 amide bonds. The summed E-state index contributed by atoms with van der Waals surface area (Å²) in [6.07, 6.45) is 3.38. The van der Waals surface area contributed by atoms with Gasteiger partial charge in [0.1, 0.15) is 5.82 Å². The molecule has 0 aromatic heterocycles. The monoisotopic (exact) mass is 247 g/mol. The lowest BCUT2D eigenvalue weighted by Gasteiger charge is -2.27. The highest BCUT2D eigenvalue weighted by Gasteiger charge is 2.49. The van der Waals surface area contributed by atoms with Crippen LogP contribution in [0.3, 0.4) is 0 Å². The van der Waals surface area contributed by atoms with Crippen LogP contribution >= 0.6 is 0 Å². The number of nitrogens with two attached hydrogens (primary N) is 1. The van der Waals surface area contributed by atoms with Crippen molar-refractivity contribution in [2.75, 3.05) is 0 Å². The van der Waals surface area contributed by atoms with Crippen molar-refractivity contribution < 1.29 is 9.18 Å². The van der Waals surface area contributed by atoms with E-state index < -0.39 is 0 Å². The molecule has 2 aliphatic rings. The molecule has 18 heavy (non-hydrogen) atoms. The first-order valence-electron chi connectivity index (χ1n) is 6.64. The Hall–Kier alpha value is -1.22. The molecular weight excluding hydrogens is 229 g/mol. The van der Waals surface area contributed by atoms with Gasteiger partial charge in [0, 0.05) is 17.5 Å². The summed E-state index contributed by atoms with van der Waals surface area (Å²) in [6, 6.07) is 4.61. The minimum atomic E-state index is -0.260. The molecule has 0 heterocycles. The Labute approximate surface area is 106 Å². The van der Waals surface area contributed by atoms with Crippen LogP contribution in [0.4, 0.5) is 4.39 Å². The largest absolute Gasteiger partial charge is 0.327 e. The number of hydrogen-bond acceptors (Lipinski definition) is 2. The topological polar surface area (TPSA) is 43.1 Å². The maximum absolute atomic E-state index is 13.2. The second-order valence-electron chi connectivity index (χ2n) is 5.76. The van der Waals surface area contributed by atoms with Crippen molar-refractivity contribution in [2.45, 2.75) is 32.2 Å². The third-order valence-electron chi connectivity index (χ3n) is 4.73. The van der Waals surface area contributed by atoms with E-state index in [1.807, 2.05) is 0 Å². The molecule has 0 radical (unpaired) electrons. The SMILES string of the molecule is Cc1cc(C(=O)C2C3CCC(C3)C2N)ccc1F. The number of rotatable bonds is 2. The number of carbonyl (C=O) groups excluding carboxylic acids is 1. The molecular formula is C15H18FNO. The van der Waals surface area contributed by atoms with E-state index in [0.717, 1.165) is 19.3 Å². The highest BCUT2D eigenvalue weighted by atomic mass is 19.1. The fourth-order valence-electron chi connectivity index (χ4n) is 3.72. The van der Waals surface area contributed by atoms with Crippen LogP contribution in [0.25, 0.3) is 0 Å². The van der Waals surface area contributed by atoms with E-state index in [4.69, 9.17) is 5.73 Å². The summed E-state index contributed by atoms with van der Waals surface area (Å²) in [5, 5.41) is 0. The lowest BCUT2D eigenvalue weighted by Crippen LogP contribution is -2.40. The quantitative estimate of drug-likeness (QED) is 0.816. The Balaban J connectivity index is 1.88. The highest BCUT2D eigenvalue weighted by Crippen LogP contribution is 2.48. The fourth-order valence-corrected chi connectivity index (χ4v) is 3.72. The number of ketones is 1. The van der Waals surface area contributed by atoms with Crippen LogP contribution in [0.2, 0.25) is 0 Å². The Morgan fingerprint density at radius 2 is 2.06 bits per heavy atom. The maximum Gasteiger partial charge on any atom is 0.167 e. The zero-order valence-corrected chi connectivity index (χ0v) is 10.5. The zero-order chi connectivity index (χ0) is 12.9. The lowest BCUT2D eigenvalue weighted by molar-refractivity contribution is 0.0856. The normalized spacial score (nSPS) is 33.9. The van der Waals surface area contributed by atoms with Gasteiger partial charge in [0.25, 0.3) is 0 Å².